The van der Waals surface area contributed by atoms with E-state index in [1.165, 1.54) is 18.6 Å². The van der Waals surface area contributed by atoms with Crippen LogP contribution in [0.3, 0.4) is 0 Å². The lowest BCUT2D eigenvalue weighted by molar-refractivity contribution is -0.133. The van der Waals surface area contributed by atoms with Crippen LogP contribution in [0.25, 0.3) is 0 Å². The summed E-state index contributed by atoms with van der Waals surface area (Å²) >= 11 is 0. The molecule has 0 saturated carbocycles. The van der Waals surface area contributed by atoms with Crippen LogP contribution in [-0.4, -0.2) is 32.9 Å². The molecule has 0 aliphatic heterocycles. The van der Waals surface area contributed by atoms with E-state index >= 15 is 0 Å². The van der Waals surface area contributed by atoms with Gasteiger partial charge in [0.1, 0.15) is 17.7 Å². The zero-order valence-corrected chi connectivity index (χ0v) is 13.9. The number of aliphatic hydroxyl groups excluding tert-OH is 1. The second-order valence-corrected chi connectivity index (χ2v) is 5.54. The molecule has 3 N–H and O–H groups in total. The number of aliphatic hydroxyl groups is 1. The number of hydrogen-bond donors (Lipinski definition) is 3. The maximum Gasteiger partial charge on any atom is 0.254 e. The zero-order chi connectivity index (χ0) is 19.1. The summed E-state index contributed by atoms with van der Waals surface area (Å²) in [6.45, 7) is 1.81. The maximum atomic E-state index is 13.2. The van der Waals surface area contributed by atoms with Crippen LogP contribution < -0.4 is 10.6 Å². The fraction of sp³-hybridized carbons (Fsp3) is 0.294. The highest BCUT2D eigenvalue weighted by molar-refractivity contribution is 5.97. The van der Waals surface area contributed by atoms with Crippen molar-refractivity contribution in [3.05, 3.63) is 54.0 Å². The van der Waals surface area contributed by atoms with Crippen molar-refractivity contribution in [2.45, 2.75) is 31.9 Å². The average Bonchev–Trinajstić information content (AvgIpc) is 2.60. The highest BCUT2D eigenvalue weighted by atomic mass is 19.1. The van der Waals surface area contributed by atoms with Crippen LogP contribution >= 0.6 is 0 Å². The number of carbonyl (C=O) groups is 2. The fourth-order valence-corrected chi connectivity index (χ4v) is 2.27. The van der Waals surface area contributed by atoms with Gasteiger partial charge in [-0.2, -0.15) is 0 Å². The molecule has 0 aliphatic rings. The maximum absolute atomic E-state index is 13.2. The summed E-state index contributed by atoms with van der Waals surface area (Å²) < 4.78 is 26.5. The van der Waals surface area contributed by atoms with Crippen LogP contribution in [0, 0.1) is 11.6 Å². The summed E-state index contributed by atoms with van der Waals surface area (Å²) in [6, 6.07) is 1.37. The smallest absolute Gasteiger partial charge is 0.254 e. The van der Waals surface area contributed by atoms with Gasteiger partial charge in [0.05, 0.1) is 6.20 Å². The molecule has 2 atom stereocenters. The third-order valence-electron chi connectivity index (χ3n) is 3.47. The number of rotatable bonds is 7. The molecule has 1 unspecified atom stereocenters. The van der Waals surface area contributed by atoms with Gasteiger partial charge in [0, 0.05) is 18.5 Å². The molecule has 2 amide bonds. The summed E-state index contributed by atoms with van der Waals surface area (Å²) in [5, 5.41) is 14.9. The second kappa shape index (κ2) is 8.95. The molecule has 2 rings (SSSR count). The van der Waals surface area contributed by atoms with Crippen LogP contribution in [-0.2, 0) is 9.59 Å². The minimum atomic E-state index is -1.82. The van der Waals surface area contributed by atoms with Gasteiger partial charge < -0.3 is 15.7 Å². The van der Waals surface area contributed by atoms with Crippen LogP contribution in [0.4, 0.5) is 14.6 Å². The van der Waals surface area contributed by atoms with Gasteiger partial charge in [-0.1, -0.05) is 13.3 Å². The quantitative estimate of drug-likeness (QED) is 0.694. The van der Waals surface area contributed by atoms with Crippen molar-refractivity contribution in [1.29, 1.82) is 0 Å². The first-order valence-corrected chi connectivity index (χ1v) is 7.92. The van der Waals surface area contributed by atoms with Crippen molar-refractivity contribution in [2.75, 3.05) is 5.32 Å². The van der Waals surface area contributed by atoms with Crippen molar-refractivity contribution in [2.24, 2.45) is 0 Å². The minimum absolute atomic E-state index is 0.209. The number of nitrogens with zero attached hydrogens (tertiary/aromatic N) is 2. The predicted octanol–water partition coefficient (Wildman–Crippen LogP) is 1.71. The van der Waals surface area contributed by atoms with E-state index in [4.69, 9.17) is 0 Å². The molecule has 26 heavy (non-hydrogen) atoms. The van der Waals surface area contributed by atoms with Gasteiger partial charge in [-0.15, -0.1) is 0 Å². The summed E-state index contributed by atoms with van der Waals surface area (Å²) in [5.41, 5.74) is -0.246. The van der Waals surface area contributed by atoms with E-state index in [0.717, 1.165) is 12.1 Å². The summed E-state index contributed by atoms with van der Waals surface area (Å²) in [6.07, 6.45) is 3.23. The topological polar surface area (TPSA) is 104 Å². The highest BCUT2D eigenvalue weighted by Crippen LogP contribution is 2.17. The lowest BCUT2D eigenvalue weighted by atomic mass is 10.1. The monoisotopic (exact) mass is 364 g/mol. The third-order valence-corrected chi connectivity index (χ3v) is 3.47. The van der Waals surface area contributed by atoms with Crippen LogP contribution in [0.2, 0.25) is 0 Å². The van der Waals surface area contributed by atoms with E-state index in [-0.39, 0.29) is 11.4 Å². The molecule has 7 nitrogen and oxygen atoms in total. The van der Waals surface area contributed by atoms with Gasteiger partial charge >= 0.3 is 0 Å². The number of amides is 2. The van der Waals surface area contributed by atoms with Crippen LogP contribution in [0.5, 0.6) is 0 Å². The van der Waals surface area contributed by atoms with Gasteiger partial charge in [-0.3, -0.25) is 14.6 Å². The van der Waals surface area contributed by atoms with Gasteiger partial charge in [-0.05, 0) is 24.1 Å². The van der Waals surface area contributed by atoms with E-state index in [1.807, 2.05) is 6.92 Å². The Hall–Kier alpha value is -2.94. The summed E-state index contributed by atoms with van der Waals surface area (Å²) in [4.78, 5) is 32.2. The molecule has 1 aromatic heterocycles. The van der Waals surface area contributed by atoms with Crippen molar-refractivity contribution in [1.82, 2.24) is 15.3 Å². The Labute approximate surface area is 148 Å². The standard InChI is InChI=1S/C17H18F2N4O3/c1-2-3-13(16(25)23-14-9-20-4-5-21-14)22-17(26)15(24)10-6-11(18)8-12(19)7-10/h4-9,13,15,24H,2-3H2,1H3,(H,22,26)(H,21,23,25)/t13?,15-/m1/s1. The van der Waals surface area contributed by atoms with E-state index in [9.17, 15) is 23.5 Å². The molecule has 2 aromatic rings. The molecule has 138 valence electrons. The first-order valence-electron chi connectivity index (χ1n) is 7.92. The van der Waals surface area contributed by atoms with E-state index in [2.05, 4.69) is 20.6 Å². The van der Waals surface area contributed by atoms with Gasteiger partial charge in [0.25, 0.3) is 5.91 Å². The van der Waals surface area contributed by atoms with E-state index < -0.39 is 35.6 Å². The Morgan fingerprint density at radius 1 is 1.15 bits per heavy atom. The fourth-order valence-electron chi connectivity index (χ4n) is 2.27. The SMILES string of the molecule is CCCC(NC(=O)[C@H](O)c1cc(F)cc(F)c1)C(=O)Nc1cnccn1. The Morgan fingerprint density at radius 2 is 1.85 bits per heavy atom. The molecule has 0 fully saturated rings. The van der Waals surface area contributed by atoms with Crippen molar-refractivity contribution in [3.8, 4) is 0 Å². The second-order valence-electron chi connectivity index (χ2n) is 5.54. The average molecular weight is 364 g/mol. The molecule has 0 radical (unpaired) electrons. The van der Waals surface area contributed by atoms with Crippen molar-refractivity contribution in [3.63, 3.8) is 0 Å². The third kappa shape index (κ3) is 5.28. The first kappa shape index (κ1) is 19.4. The lowest BCUT2D eigenvalue weighted by Crippen LogP contribution is -2.45. The minimum Gasteiger partial charge on any atom is -0.378 e. The number of aromatic nitrogens is 2. The Bertz CT molecular complexity index is 754. The number of nitrogens with one attached hydrogen (secondary N) is 2. The van der Waals surface area contributed by atoms with Crippen LogP contribution in [0.15, 0.2) is 36.8 Å². The largest absolute Gasteiger partial charge is 0.378 e. The van der Waals surface area contributed by atoms with Gasteiger partial charge in [-0.25, -0.2) is 13.8 Å². The number of hydrogen-bond acceptors (Lipinski definition) is 5. The predicted molar refractivity (Wildman–Crippen MR) is 88.8 cm³/mol. The molecular formula is C17H18F2N4O3. The molecule has 0 aliphatic carbocycles. The van der Waals surface area contributed by atoms with Crippen molar-refractivity contribution < 1.29 is 23.5 Å². The number of carbonyl (C=O) groups excluding carboxylic acids is 2. The Balaban J connectivity index is 2.07. The molecule has 9 heteroatoms. The van der Waals surface area contributed by atoms with Crippen LogP contribution in [0.1, 0.15) is 31.4 Å². The Kier molecular flexibility index (Phi) is 6.67. The number of anilines is 1. The normalized spacial score (nSPS) is 12.9. The van der Waals surface area contributed by atoms with Gasteiger partial charge in [0.2, 0.25) is 5.91 Å². The first-order chi connectivity index (χ1) is 12.4. The summed E-state index contributed by atoms with van der Waals surface area (Å²) in [7, 11) is 0. The zero-order valence-electron chi connectivity index (χ0n) is 13.9. The molecule has 0 bridgehead atoms. The van der Waals surface area contributed by atoms with E-state index in [0.29, 0.717) is 18.9 Å². The Morgan fingerprint density at radius 3 is 2.42 bits per heavy atom. The molecule has 0 spiro atoms. The molecule has 0 saturated heterocycles. The number of halogens is 2. The summed E-state index contributed by atoms with van der Waals surface area (Å²) in [5.74, 6) is -3.11. The highest BCUT2D eigenvalue weighted by Gasteiger charge is 2.25. The molecule has 1 aromatic carbocycles. The molecular weight excluding hydrogens is 346 g/mol. The van der Waals surface area contributed by atoms with E-state index in [1.54, 1.807) is 0 Å². The molecule has 1 heterocycles. The number of benzene rings is 1. The van der Waals surface area contributed by atoms with Crippen molar-refractivity contribution >= 4 is 17.6 Å². The lowest BCUT2D eigenvalue weighted by Gasteiger charge is -2.19. The van der Waals surface area contributed by atoms with Gasteiger partial charge in [0.15, 0.2) is 11.9 Å².